The molecule has 0 saturated carbocycles. The third kappa shape index (κ3) is 2.46. The maximum absolute atomic E-state index is 5.89. The van der Waals surface area contributed by atoms with E-state index in [4.69, 9.17) is 22.1 Å². The fourth-order valence-corrected chi connectivity index (χ4v) is 1.94. The van der Waals surface area contributed by atoms with Crippen molar-refractivity contribution in [1.82, 2.24) is 14.6 Å². The van der Waals surface area contributed by atoms with E-state index in [2.05, 4.69) is 10.2 Å². The number of hydrogen-bond acceptors (Lipinski definition) is 4. The Labute approximate surface area is 114 Å². The van der Waals surface area contributed by atoms with Crippen LogP contribution in [0.2, 0.25) is 5.02 Å². The highest BCUT2D eigenvalue weighted by Gasteiger charge is 2.06. The molecule has 5 nitrogen and oxygen atoms in total. The van der Waals surface area contributed by atoms with Crippen LogP contribution in [0.25, 0.3) is 5.65 Å². The minimum Gasteiger partial charge on any atom is -0.486 e. The fourth-order valence-electron chi connectivity index (χ4n) is 1.76. The molecule has 0 saturated heterocycles. The Balaban J connectivity index is 1.82. The number of nitrogens with two attached hydrogens (primary N) is 1. The Bertz CT molecular complexity index is 725. The zero-order valence-corrected chi connectivity index (χ0v) is 10.7. The van der Waals surface area contributed by atoms with Crippen molar-refractivity contribution in [2.75, 3.05) is 5.73 Å². The molecular weight excluding hydrogens is 264 g/mol. The summed E-state index contributed by atoms with van der Waals surface area (Å²) in [4.78, 5) is 0. The van der Waals surface area contributed by atoms with Crippen LogP contribution < -0.4 is 10.5 Å². The van der Waals surface area contributed by atoms with Crippen molar-refractivity contribution < 1.29 is 4.74 Å². The predicted octanol–water partition coefficient (Wildman–Crippen LogP) is 2.54. The second kappa shape index (κ2) is 4.78. The van der Waals surface area contributed by atoms with Crippen LogP contribution in [0.4, 0.5) is 5.69 Å². The van der Waals surface area contributed by atoms with Crippen molar-refractivity contribution in [2.45, 2.75) is 6.61 Å². The number of hydrogen-bond donors (Lipinski definition) is 1. The number of halogens is 1. The average Bonchev–Trinajstić information content (AvgIpc) is 2.78. The summed E-state index contributed by atoms with van der Waals surface area (Å²) in [5.41, 5.74) is 7.04. The van der Waals surface area contributed by atoms with Gasteiger partial charge in [-0.3, -0.25) is 4.40 Å². The molecule has 0 aliphatic heterocycles. The molecule has 0 radical (unpaired) electrons. The molecule has 0 spiro atoms. The number of nitrogen functional groups attached to an aromatic ring is 1. The lowest BCUT2D eigenvalue weighted by molar-refractivity contribution is 0.294. The number of rotatable bonds is 3. The first kappa shape index (κ1) is 11.8. The maximum Gasteiger partial charge on any atom is 0.175 e. The summed E-state index contributed by atoms with van der Waals surface area (Å²) in [5, 5.41) is 8.75. The SMILES string of the molecule is Nc1ccn2c(COc3cccc(Cl)c3)nnc2c1. The molecule has 1 aromatic carbocycles. The monoisotopic (exact) mass is 274 g/mol. The van der Waals surface area contributed by atoms with E-state index >= 15 is 0 Å². The summed E-state index contributed by atoms with van der Waals surface area (Å²) < 4.78 is 7.46. The van der Waals surface area contributed by atoms with Crippen LogP contribution >= 0.6 is 11.6 Å². The minimum atomic E-state index is 0.311. The van der Waals surface area contributed by atoms with E-state index in [-0.39, 0.29) is 0 Å². The average molecular weight is 275 g/mol. The maximum atomic E-state index is 5.89. The highest BCUT2D eigenvalue weighted by molar-refractivity contribution is 6.30. The van der Waals surface area contributed by atoms with Gasteiger partial charge in [-0.05, 0) is 24.3 Å². The highest BCUT2D eigenvalue weighted by Crippen LogP contribution is 2.18. The zero-order valence-electron chi connectivity index (χ0n) is 9.95. The van der Waals surface area contributed by atoms with Crippen LogP contribution in [0.3, 0.4) is 0 Å². The summed E-state index contributed by atoms with van der Waals surface area (Å²) >= 11 is 5.89. The summed E-state index contributed by atoms with van der Waals surface area (Å²) in [6.07, 6.45) is 1.82. The number of ether oxygens (including phenoxy) is 1. The first-order valence-corrected chi connectivity index (χ1v) is 6.08. The van der Waals surface area contributed by atoms with E-state index in [1.54, 1.807) is 24.3 Å². The largest absolute Gasteiger partial charge is 0.486 e. The molecule has 2 heterocycles. The van der Waals surface area contributed by atoms with Crippen molar-refractivity contribution in [3.05, 3.63) is 53.4 Å². The lowest BCUT2D eigenvalue weighted by Crippen LogP contribution is -2.01. The van der Waals surface area contributed by atoms with Crippen LogP contribution in [-0.2, 0) is 6.61 Å². The Morgan fingerprint density at radius 1 is 1.21 bits per heavy atom. The Hall–Kier alpha value is -2.27. The molecule has 0 atom stereocenters. The van der Waals surface area contributed by atoms with E-state index in [9.17, 15) is 0 Å². The number of aromatic nitrogens is 3. The molecule has 0 fully saturated rings. The van der Waals surface area contributed by atoms with Gasteiger partial charge >= 0.3 is 0 Å². The third-order valence-electron chi connectivity index (χ3n) is 2.67. The van der Waals surface area contributed by atoms with E-state index < -0.39 is 0 Å². The van der Waals surface area contributed by atoms with Crippen molar-refractivity contribution in [3.63, 3.8) is 0 Å². The lowest BCUT2D eigenvalue weighted by Gasteiger charge is -2.05. The number of benzene rings is 1. The smallest absolute Gasteiger partial charge is 0.175 e. The second-order valence-electron chi connectivity index (χ2n) is 4.05. The van der Waals surface area contributed by atoms with Gasteiger partial charge in [-0.2, -0.15) is 0 Å². The zero-order chi connectivity index (χ0) is 13.2. The van der Waals surface area contributed by atoms with Crippen molar-refractivity contribution >= 4 is 22.9 Å². The first-order chi connectivity index (χ1) is 9.22. The van der Waals surface area contributed by atoms with E-state index in [0.29, 0.717) is 34.5 Å². The molecule has 3 aromatic rings. The summed E-state index contributed by atoms with van der Waals surface area (Å²) in [6.45, 7) is 0.311. The Morgan fingerprint density at radius 3 is 2.95 bits per heavy atom. The van der Waals surface area contributed by atoms with Gasteiger partial charge in [0.05, 0.1) is 0 Å². The van der Waals surface area contributed by atoms with Gasteiger partial charge in [-0.15, -0.1) is 10.2 Å². The van der Waals surface area contributed by atoms with E-state index in [0.717, 1.165) is 0 Å². The van der Waals surface area contributed by atoms with Gasteiger partial charge in [0.25, 0.3) is 0 Å². The molecule has 2 aromatic heterocycles. The topological polar surface area (TPSA) is 65.4 Å². The normalized spacial score (nSPS) is 10.8. The molecule has 0 amide bonds. The van der Waals surface area contributed by atoms with Crippen LogP contribution in [-0.4, -0.2) is 14.6 Å². The lowest BCUT2D eigenvalue weighted by atomic mass is 10.3. The minimum absolute atomic E-state index is 0.311. The molecule has 0 unspecified atom stereocenters. The van der Waals surface area contributed by atoms with E-state index in [1.807, 2.05) is 22.7 Å². The molecule has 19 heavy (non-hydrogen) atoms. The predicted molar refractivity (Wildman–Crippen MR) is 73.2 cm³/mol. The molecule has 2 N–H and O–H groups in total. The first-order valence-electron chi connectivity index (χ1n) is 5.70. The van der Waals surface area contributed by atoms with Gasteiger partial charge in [-0.1, -0.05) is 17.7 Å². The standard InChI is InChI=1S/C13H11ClN4O/c14-9-2-1-3-11(6-9)19-8-13-17-16-12-7-10(15)4-5-18(12)13/h1-7H,8,15H2. The summed E-state index contributed by atoms with van der Waals surface area (Å²) in [5.74, 6) is 1.40. The van der Waals surface area contributed by atoms with Gasteiger partial charge < -0.3 is 10.5 Å². The summed E-state index contributed by atoms with van der Waals surface area (Å²) in [6, 6.07) is 10.8. The molecule has 0 aliphatic rings. The highest BCUT2D eigenvalue weighted by atomic mass is 35.5. The quantitative estimate of drug-likeness (QED) is 0.797. The fraction of sp³-hybridized carbons (Fsp3) is 0.0769. The number of pyridine rings is 1. The van der Waals surface area contributed by atoms with Crippen molar-refractivity contribution in [2.24, 2.45) is 0 Å². The molecular formula is C13H11ClN4O. The van der Waals surface area contributed by atoms with Crippen LogP contribution in [0.5, 0.6) is 5.75 Å². The third-order valence-corrected chi connectivity index (χ3v) is 2.90. The molecule has 6 heteroatoms. The van der Waals surface area contributed by atoms with Gasteiger partial charge in [0.15, 0.2) is 11.5 Å². The number of anilines is 1. The summed E-state index contributed by atoms with van der Waals surface area (Å²) in [7, 11) is 0. The molecule has 0 bridgehead atoms. The van der Waals surface area contributed by atoms with Crippen LogP contribution in [0, 0.1) is 0 Å². The van der Waals surface area contributed by atoms with Crippen LogP contribution in [0.1, 0.15) is 5.82 Å². The number of nitrogens with zero attached hydrogens (tertiary/aromatic N) is 3. The van der Waals surface area contributed by atoms with Crippen molar-refractivity contribution in [3.8, 4) is 5.75 Å². The Kier molecular flexibility index (Phi) is 2.97. The van der Waals surface area contributed by atoms with Crippen molar-refractivity contribution in [1.29, 1.82) is 0 Å². The van der Waals surface area contributed by atoms with Gasteiger partial charge in [0.2, 0.25) is 0 Å². The van der Waals surface area contributed by atoms with E-state index in [1.165, 1.54) is 0 Å². The molecule has 96 valence electrons. The van der Waals surface area contributed by atoms with Gasteiger partial charge in [0.1, 0.15) is 12.4 Å². The van der Waals surface area contributed by atoms with Crippen LogP contribution in [0.15, 0.2) is 42.6 Å². The Morgan fingerprint density at radius 2 is 2.11 bits per heavy atom. The van der Waals surface area contributed by atoms with Gasteiger partial charge in [-0.25, -0.2) is 0 Å². The second-order valence-corrected chi connectivity index (χ2v) is 4.49. The molecule has 3 rings (SSSR count). The number of fused-ring (bicyclic) bond motifs is 1. The van der Waals surface area contributed by atoms with Gasteiger partial charge in [0, 0.05) is 23.0 Å². The molecule has 0 aliphatic carbocycles.